The van der Waals surface area contributed by atoms with Gasteiger partial charge in [-0.05, 0) is 50.9 Å². The van der Waals surface area contributed by atoms with Gasteiger partial charge in [0, 0.05) is 5.92 Å². The van der Waals surface area contributed by atoms with Gasteiger partial charge in [-0.25, -0.2) is 0 Å². The fourth-order valence-corrected chi connectivity index (χ4v) is 4.72. The summed E-state index contributed by atoms with van der Waals surface area (Å²) in [6.45, 7) is 2.26. The molecule has 0 bridgehead atoms. The van der Waals surface area contributed by atoms with Crippen molar-refractivity contribution in [3.63, 3.8) is 0 Å². The smallest absolute Gasteiger partial charge is 0.339 e. The SMILES string of the molecule is FC(F)(F)c1ccccc1-n1c(CN2CCCCC2)nnc1SCc1noc(C2CC2)n1. The Morgan fingerprint density at radius 2 is 1.84 bits per heavy atom. The molecule has 1 saturated heterocycles. The molecule has 0 amide bonds. The number of aromatic nitrogens is 5. The van der Waals surface area contributed by atoms with Crippen molar-refractivity contribution in [2.75, 3.05) is 13.1 Å². The van der Waals surface area contributed by atoms with Crippen LogP contribution in [0.3, 0.4) is 0 Å². The number of alkyl halides is 3. The number of halogens is 3. The Morgan fingerprint density at radius 3 is 2.59 bits per heavy atom. The van der Waals surface area contributed by atoms with Gasteiger partial charge < -0.3 is 4.52 Å². The fraction of sp³-hybridized carbons (Fsp3) is 0.524. The van der Waals surface area contributed by atoms with Crippen LogP contribution in [0.15, 0.2) is 33.9 Å². The van der Waals surface area contributed by atoms with Crippen LogP contribution in [-0.4, -0.2) is 42.9 Å². The van der Waals surface area contributed by atoms with E-state index in [9.17, 15) is 13.2 Å². The first-order valence-corrected chi connectivity index (χ1v) is 11.8. The van der Waals surface area contributed by atoms with Gasteiger partial charge in [-0.15, -0.1) is 10.2 Å². The highest BCUT2D eigenvalue weighted by atomic mass is 32.2. The fourth-order valence-electron chi connectivity index (χ4n) is 3.92. The predicted molar refractivity (Wildman–Crippen MR) is 111 cm³/mol. The van der Waals surface area contributed by atoms with Gasteiger partial charge in [0.2, 0.25) is 5.89 Å². The van der Waals surface area contributed by atoms with Crippen LogP contribution < -0.4 is 0 Å². The summed E-state index contributed by atoms with van der Waals surface area (Å²) in [5.74, 6) is 2.33. The molecule has 170 valence electrons. The predicted octanol–water partition coefficient (Wildman–Crippen LogP) is 4.82. The number of likely N-dealkylation sites (tertiary alicyclic amines) is 1. The molecule has 0 spiro atoms. The number of thioether (sulfide) groups is 1. The normalized spacial score (nSPS) is 17.7. The summed E-state index contributed by atoms with van der Waals surface area (Å²) in [7, 11) is 0. The molecule has 11 heteroatoms. The van der Waals surface area contributed by atoms with E-state index in [0.717, 1.165) is 44.8 Å². The molecule has 7 nitrogen and oxygen atoms in total. The van der Waals surface area contributed by atoms with Crippen LogP contribution in [0.5, 0.6) is 0 Å². The Morgan fingerprint density at radius 1 is 1.06 bits per heavy atom. The lowest BCUT2D eigenvalue weighted by Gasteiger charge is -2.26. The standard InChI is InChI=1S/C21H23F3N6OS/c22-21(23,24)15-6-2-3-7-16(15)30-18(12-29-10-4-1-5-11-29)26-27-20(30)32-13-17-25-19(31-28-17)14-8-9-14/h2-3,6-7,14H,1,4-5,8-13H2. The Bertz CT molecular complexity index is 1070. The zero-order chi connectivity index (χ0) is 22.1. The molecule has 5 rings (SSSR count). The molecule has 3 heterocycles. The molecule has 0 atom stereocenters. The lowest BCUT2D eigenvalue weighted by atomic mass is 10.1. The first-order valence-electron chi connectivity index (χ1n) is 10.8. The van der Waals surface area contributed by atoms with E-state index in [0.29, 0.717) is 40.9 Å². The highest BCUT2D eigenvalue weighted by Gasteiger charge is 2.35. The molecule has 1 aliphatic carbocycles. The Balaban J connectivity index is 1.46. The third-order valence-electron chi connectivity index (χ3n) is 5.71. The molecule has 32 heavy (non-hydrogen) atoms. The van der Waals surface area contributed by atoms with Gasteiger partial charge >= 0.3 is 6.18 Å². The van der Waals surface area contributed by atoms with E-state index in [-0.39, 0.29) is 5.69 Å². The summed E-state index contributed by atoms with van der Waals surface area (Å²) >= 11 is 1.26. The second kappa shape index (κ2) is 8.86. The summed E-state index contributed by atoms with van der Waals surface area (Å²) in [6, 6.07) is 5.56. The number of hydrogen-bond acceptors (Lipinski definition) is 7. The first kappa shape index (κ1) is 21.4. The lowest BCUT2D eigenvalue weighted by molar-refractivity contribution is -0.137. The third-order valence-corrected chi connectivity index (χ3v) is 6.63. The molecule has 1 aromatic carbocycles. The number of para-hydroxylation sites is 1. The number of piperidine rings is 1. The lowest BCUT2D eigenvalue weighted by Crippen LogP contribution is -2.30. The molecule has 0 radical (unpaired) electrons. The number of nitrogens with zero attached hydrogens (tertiary/aromatic N) is 6. The van der Waals surface area contributed by atoms with Gasteiger partial charge in [0.25, 0.3) is 0 Å². The maximum absolute atomic E-state index is 13.8. The molecule has 0 N–H and O–H groups in total. The van der Waals surface area contributed by atoms with Crippen molar-refractivity contribution in [3.8, 4) is 5.69 Å². The Kier molecular flexibility index (Phi) is 5.93. The molecule has 3 aromatic rings. The van der Waals surface area contributed by atoms with Crippen molar-refractivity contribution in [2.24, 2.45) is 0 Å². The van der Waals surface area contributed by atoms with Gasteiger partial charge in [0.15, 0.2) is 16.8 Å². The molecule has 2 fully saturated rings. The van der Waals surface area contributed by atoms with Crippen LogP contribution in [0, 0.1) is 0 Å². The third kappa shape index (κ3) is 4.68. The van der Waals surface area contributed by atoms with E-state index in [1.165, 1.54) is 34.9 Å². The van der Waals surface area contributed by atoms with Gasteiger partial charge in [-0.2, -0.15) is 18.2 Å². The van der Waals surface area contributed by atoms with Crippen LogP contribution in [-0.2, 0) is 18.5 Å². The summed E-state index contributed by atoms with van der Waals surface area (Å²) in [5.41, 5.74) is -0.677. The number of benzene rings is 1. The zero-order valence-electron chi connectivity index (χ0n) is 17.4. The van der Waals surface area contributed by atoms with E-state index >= 15 is 0 Å². The molecular weight excluding hydrogens is 441 g/mol. The molecule has 2 aliphatic rings. The molecule has 0 unspecified atom stereocenters. The second-order valence-electron chi connectivity index (χ2n) is 8.20. The topological polar surface area (TPSA) is 72.9 Å². The zero-order valence-corrected chi connectivity index (χ0v) is 18.2. The Labute approximate surface area is 187 Å². The first-order chi connectivity index (χ1) is 15.5. The summed E-state index contributed by atoms with van der Waals surface area (Å²) in [6.07, 6.45) is 0.952. The van der Waals surface area contributed by atoms with Crippen LogP contribution >= 0.6 is 11.8 Å². The van der Waals surface area contributed by atoms with Crippen LogP contribution in [0.2, 0.25) is 0 Å². The van der Waals surface area contributed by atoms with Gasteiger partial charge in [0.05, 0.1) is 23.5 Å². The highest BCUT2D eigenvalue weighted by molar-refractivity contribution is 7.98. The molecule has 1 saturated carbocycles. The maximum atomic E-state index is 13.8. The van der Waals surface area contributed by atoms with Crippen molar-refractivity contribution >= 4 is 11.8 Å². The summed E-state index contributed by atoms with van der Waals surface area (Å²) in [4.78, 5) is 6.62. The second-order valence-corrected chi connectivity index (χ2v) is 9.14. The molecule has 1 aliphatic heterocycles. The minimum Gasteiger partial charge on any atom is -0.339 e. The van der Waals surface area contributed by atoms with E-state index < -0.39 is 11.7 Å². The molecular formula is C21H23F3N6OS. The number of rotatable bonds is 7. The van der Waals surface area contributed by atoms with Crippen molar-refractivity contribution in [3.05, 3.63) is 47.4 Å². The van der Waals surface area contributed by atoms with Crippen molar-refractivity contribution in [1.29, 1.82) is 0 Å². The maximum Gasteiger partial charge on any atom is 0.418 e. The van der Waals surface area contributed by atoms with Crippen LogP contribution in [0.1, 0.15) is 61.1 Å². The van der Waals surface area contributed by atoms with E-state index in [1.807, 2.05) is 0 Å². The van der Waals surface area contributed by atoms with Gasteiger partial charge in [-0.1, -0.05) is 35.5 Å². The average molecular weight is 465 g/mol. The van der Waals surface area contributed by atoms with Gasteiger partial charge in [0.1, 0.15) is 0 Å². The average Bonchev–Trinajstić information content (AvgIpc) is 3.40. The van der Waals surface area contributed by atoms with Crippen molar-refractivity contribution in [1.82, 2.24) is 29.8 Å². The van der Waals surface area contributed by atoms with E-state index in [4.69, 9.17) is 4.52 Å². The van der Waals surface area contributed by atoms with E-state index in [2.05, 4.69) is 25.2 Å². The van der Waals surface area contributed by atoms with Gasteiger partial charge in [-0.3, -0.25) is 9.47 Å². The molecule has 2 aromatic heterocycles. The minimum atomic E-state index is -4.49. The van der Waals surface area contributed by atoms with Crippen molar-refractivity contribution in [2.45, 2.75) is 61.7 Å². The Hall–Kier alpha value is -2.40. The van der Waals surface area contributed by atoms with E-state index in [1.54, 1.807) is 6.07 Å². The monoisotopic (exact) mass is 464 g/mol. The van der Waals surface area contributed by atoms with Crippen LogP contribution in [0.4, 0.5) is 13.2 Å². The highest BCUT2D eigenvalue weighted by Crippen LogP contribution is 2.39. The minimum absolute atomic E-state index is 0.0336. The summed E-state index contributed by atoms with van der Waals surface area (Å²) < 4.78 is 48.2. The van der Waals surface area contributed by atoms with Crippen LogP contribution in [0.25, 0.3) is 5.69 Å². The largest absolute Gasteiger partial charge is 0.418 e. The number of hydrogen-bond donors (Lipinski definition) is 0. The summed E-state index contributed by atoms with van der Waals surface area (Å²) in [5, 5.41) is 12.9. The van der Waals surface area contributed by atoms with Crippen molar-refractivity contribution < 1.29 is 17.7 Å². The quantitative estimate of drug-likeness (QED) is 0.464.